The lowest BCUT2D eigenvalue weighted by Crippen LogP contribution is -2.60. The van der Waals surface area contributed by atoms with E-state index < -0.39 is 47.9 Å². The molecule has 7 atom stereocenters. The molecule has 216 valence electrons. The number of fused-ring (bicyclic) bond motifs is 1. The quantitative estimate of drug-likeness (QED) is 0.202. The minimum Gasteiger partial charge on any atom is -0.480 e. The standard InChI is InChI=1S/C29H45N5O5/c1-7-16(4)23(32-26(35)21(30)14-19-15-31-22-13-11-10-12-20(19)22)27(36)33-24(17(5)8-2)28(37)34-25(29(38)39)18(6)9-3/h10-13,15-18,21,23-25,31H,7-9,14,30H2,1-6H3,(H,32,35)(H,33,36)(H,34,37)(H,38,39). The number of para-hydroxylation sites is 1. The number of nitrogens with one attached hydrogen (secondary N) is 4. The number of aromatic nitrogens is 1. The number of amides is 3. The summed E-state index contributed by atoms with van der Waals surface area (Å²) in [5.41, 5.74) is 8.11. The molecule has 3 amide bonds. The first kappa shape index (κ1) is 31.8. The zero-order chi connectivity index (χ0) is 29.3. The zero-order valence-corrected chi connectivity index (χ0v) is 23.9. The predicted octanol–water partition coefficient (Wildman–Crippen LogP) is 2.72. The highest BCUT2D eigenvalue weighted by molar-refractivity contribution is 5.94. The second-order valence-corrected chi connectivity index (χ2v) is 10.6. The molecule has 0 saturated heterocycles. The van der Waals surface area contributed by atoms with Gasteiger partial charge in [-0.2, -0.15) is 0 Å². The van der Waals surface area contributed by atoms with Gasteiger partial charge in [-0.25, -0.2) is 4.79 Å². The van der Waals surface area contributed by atoms with Crippen molar-refractivity contribution in [1.82, 2.24) is 20.9 Å². The van der Waals surface area contributed by atoms with Crippen molar-refractivity contribution >= 4 is 34.6 Å². The Morgan fingerprint density at radius 1 is 0.795 bits per heavy atom. The number of hydrogen-bond acceptors (Lipinski definition) is 5. The van der Waals surface area contributed by atoms with Crippen LogP contribution in [0.3, 0.4) is 0 Å². The number of aliphatic carboxylic acids is 1. The van der Waals surface area contributed by atoms with Crippen molar-refractivity contribution in [2.75, 3.05) is 0 Å². The van der Waals surface area contributed by atoms with E-state index in [-0.39, 0.29) is 24.2 Å². The maximum absolute atomic E-state index is 13.5. The topological polar surface area (TPSA) is 166 Å². The van der Waals surface area contributed by atoms with Crippen LogP contribution in [0.25, 0.3) is 10.9 Å². The van der Waals surface area contributed by atoms with E-state index in [2.05, 4.69) is 20.9 Å². The molecule has 10 heteroatoms. The second-order valence-electron chi connectivity index (χ2n) is 10.6. The second kappa shape index (κ2) is 14.7. The highest BCUT2D eigenvalue weighted by Gasteiger charge is 2.35. The Labute approximate surface area is 230 Å². The molecule has 1 aromatic heterocycles. The van der Waals surface area contributed by atoms with Gasteiger partial charge in [-0.15, -0.1) is 0 Å². The Balaban J connectivity index is 2.17. The van der Waals surface area contributed by atoms with Crippen LogP contribution in [-0.4, -0.2) is 57.9 Å². The van der Waals surface area contributed by atoms with Crippen molar-refractivity contribution in [1.29, 1.82) is 0 Å². The molecule has 0 aliphatic rings. The van der Waals surface area contributed by atoms with Gasteiger partial charge >= 0.3 is 5.97 Å². The fourth-order valence-corrected chi connectivity index (χ4v) is 4.46. The van der Waals surface area contributed by atoms with E-state index >= 15 is 0 Å². The Morgan fingerprint density at radius 3 is 1.77 bits per heavy atom. The van der Waals surface area contributed by atoms with E-state index in [4.69, 9.17) is 5.73 Å². The van der Waals surface area contributed by atoms with Crippen LogP contribution < -0.4 is 21.7 Å². The predicted molar refractivity (Wildman–Crippen MR) is 152 cm³/mol. The van der Waals surface area contributed by atoms with Gasteiger partial charge < -0.3 is 31.8 Å². The summed E-state index contributed by atoms with van der Waals surface area (Å²) in [6.45, 7) is 11.1. The van der Waals surface area contributed by atoms with Crippen molar-refractivity contribution in [3.8, 4) is 0 Å². The molecule has 0 aliphatic heterocycles. The van der Waals surface area contributed by atoms with Crippen molar-refractivity contribution in [2.24, 2.45) is 23.5 Å². The Bertz CT molecular complexity index is 1130. The number of carboxylic acid groups (broad SMARTS) is 1. The van der Waals surface area contributed by atoms with Crippen LogP contribution in [-0.2, 0) is 25.6 Å². The van der Waals surface area contributed by atoms with Gasteiger partial charge in [0.1, 0.15) is 18.1 Å². The SMILES string of the molecule is CCC(C)C(NC(=O)C(NC(=O)C(NC(=O)C(N)Cc1c[nH]c2ccccc12)C(C)CC)C(C)CC)C(=O)O. The lowest BCUT2D eigenvalue weighted by Gasteiger charge is -2.30. The molecule has 2 rings (SSSR count). The number of benzene rings is 1. The largest absolute Gasteiger partial charge is 0.480 e. The van der Waals surface area contributed by atoms with Crippen LogP contribution in [0.5, 0.6) is 0 Å². The van der Waals surface area contributed by atoms with Gasteiger partial charge in [0.05, 0.1) is 6.04 Å². The van der Waals surface area contributed by atoms with E-state index in [1.54, 1.807) is 6.92 Å². The molecule has 39 heavy (non-hydrogen) atoms. The lowest BCUT2D eigenvalue weighted by atomic mass is 9.93. The third kappa shape index (κ3) is 8.29. The number of carbonyl (C=O) groups is 4. The number of carboxylic acids is 1. The normalized spacial score (nSPS) is 16.8. The number of carbonyl (C=O) groups excluding carboxylic acids is 3. The van der Waals surface area contributed by atoms with Crippen LogP contribution in [0.2, 0.25) is 0 Å². The molecule has 2 aromatic rings. The van der Waals surface area contributed by atoms with Gasteiger partial charge in [0.25, 0.3) is 0 Å². The highest BCUT2D eigenvalue weighted by atomic mass is 16.4. The average Bonchev–Trinajstić information content (AvgIpc) is 3.33. The van der Waals surface area contributed by atoms with Gasteiger partial charge in [0, 0.05) is 17.1 Å². The van der Waals surface area contributed by atoms with Crippen LogP contribution in [0.15, 0.2) is 30.5 Å². The maximum atomic E-state index is 13.5. The molecule has 1 heterocycles. The molecule has 0 spiro atoms. The highest BCUT2D eigenvalue weighted by Crippen LogP contribution is 2.19. The summed E-state index contributed by atoms with van der Waals surface area (Å²) < 4.78 is 0. The Kier molecular flexibility index (Phi) is 12.0. The van der Waals surface area contributed by atoms with Crippen molar-refractivity contribution in [3.63, 3.8) is 0 Å². The number of H-pyrrole nitrogens is 1. The summed E-state index contributed by atoms with van der Waals surface area (Å²) in [7, 11) is 0. The summed E-state index contributed by atoms with van der Waals surface area (Å²) >= 11 is 0. The molecule has 0 aliphatic carbocycles. The summed E-state index contributed by atoms with van der Waals surface area (Å²) in [5, 5.41) is 18.8. The van der Waals surface area contributed by atoms with Gasteiger partial charge in [0.2, 0.25) is 17.7 Å². The summed E-state index contributed by atoms with van der Waals surface area (Å²) in [6.07, 6.45) is 3.86. The monoisotopic (exact) mass is 543 g/mol. The molecule has 7 unspecified atom stereocenters. The fourth-order valence-electron chi connectivity index (χ4n) is 4.46. The first-order valence-corrected chi connectivity index (χ1v) is 13.9. The maximum Gasteiger partial charge on any atom is 0.326 e. The van der Waals surface area contributed by atoms with Crippen molar-refractivity contribution < 1.29 is 24.3 Å². The summed E-state index contributed by atoms with van der Waals surface area (Å²) in [6, 6.07) is 3.90. The Morgan fingerprint density at radius 2 is 1.26 bits per heavy atom. The molecule has 10 nitrogen and oxygen atoms in total. The molecule has 0 radical (unpaired) electrons. The number of rotatable bonds is 15. The third-order valence-electron chi connectivity index (χ3n) is 7.81. The molecular weight excluding hydrogens is 498 g/mol. The van der Waals surface area contributed by atoms with Gasteiger partial charge in [0.15, 0.2) is 0 Å². The van der Waals surface area contributed by atoms with Crippen LogP contribution in [0.1, 0.15) is 66.4 Å². The van der Waals surface area contributed by atoms with Gasteiger partial charge in [-0.3, -0.25) is 14.4 Å². The van der Waals surface area contributed by atoms with Gasteiger partial charge in [-0.05, 0) is 35.8 Å². The molecule has 0 bridgehead atoms. The number of aromatic amines is 1. The summed E-state index contributed by atoms with van der Waals surface area (Å²) in [5.74, 6) is -3.44. The van der Waals surface area contributed by atoms with E-state index in [1.807, 2.05) is 65.1 Å². The smallest absolute Gasteiger partial charge is 0.326 e. The molecule has 0 fully saturated rings. The van der Waals surface area contributed by atoms with E-state index in [0.717, 1.165) is 16.5 Å². The molecule has 0 saturated carbocycles. The first-order chi connectivity index (χ1) is 18.4. The minimum atomic E-state index is -1.12. The van der Waals surface area contributed by atoms with E-state index in [1.165, 1.54) is 0 Å². The molecule has 7 N–H and O–H groups in total. The Hall–Kier alpha value is -3.40. The van der Waals surface area contributed by atoms with Crippen LogP contribution >= 0.6 is 0 Å². The van der Waals surface area contributed by atoms with Gasteiger partial charge in [-0.1, -0.05) is 79.0 Å². The van der Waals surface area contributed by atoms with E-state index in [9.17, 15) is 24.3 Å². The average molecular weight is 544 g/mol. The molecule has 1 aromatic carbocycles. The minimum absolute atomic E-state index is 0.234. The van der Waals surface area contributed by atoms with Crippen LogP contribution in [0, 0.1) is 17.8 Å². The molecular formula is C29H45N5O5. The summed E-state index contributed by atoms with van der Waals surface area (Å²) in [4.78, 5) is 54.7. The zero-order valence-electron chi connectivity index (χ0n) is 23.9. The van der Waals surface area contributed by atoms with E-state index in [0.29, 0.717) is 19.3 Å². The number of nitrogens with two attached hydrogens (primary N) is 1. The fraction of sp³-hybridized carbons (Fsp3) is 0.586. The van der Waals surface area contributed by atoms with Crippen molar-refractivity contribution in [3.05, 3.63) is 36.0 Å². The van der Waals surface area contributed by atoms with Crippen LogP contribution in [0.4, 0.5) is 0 Å². The third-order valence-corrected chi connectivity index (χ3v) is 7.81. The first-order valence-electron chi connectivity index (χ1n) is 13.9. The number of hydrogen-bond donors (Lipinski definition) is 6. The van der Waals surface area contributed by atoms with Crippen molar-refractivity contribution in [2.45, 2.75) is 91.4 Å². The lowest BCUT2D eigenvalue weighted by molar-refractivity contribution is -0.144.